The third kappa shape index (κ3) is 22.8. The van der Waals surface area contributed by atoms with Gasteiger partial charge in [-0.05, 0) is 82.8 Å². The van der Waals surface area contributed by atoms with Gasteiger partial charge in [0.2, 0.25) is 47.3 Å². The number of nitrogens with one attached hydrogen (secondary N) is 9. The highest BCUT2D eigenvalue weighted by atomic mass is 32.2. The number of carbonyl (C=O) groups excluding carboxylic acids is 8. The minimum Gasteiger partial charge on any atom is -0.481 e. The Morgan fingerprint density at radius 2 is 1.29 bits per heavy atom. The quantitative estimate of drug-likeness (QED) is 0.0307. The number of aliphatic hydroxyl groups excluding tert-OH is 1. The Hall–Kier alpha value is -5.86. The van der Waals surface area contributed by atoms with E-state index in [1.54, 1.807) is 20.1 Å². The van der Waals surface area contributed by atoms with Crippen LogP contribution in [0.3, 0.4) is 0 Å². The topological polar surface area (TPSA) is 408 Å². The molecule has 0 bridgehead atoms. The Labute approximate surface area is 399 Å². The van der Waals surface area contributed by atoms with E-state index in [9.17, 15) is 58.2 Å². The van der Waals surface area contributed by atoms with Gasteiger partial charge in [-0.15, -0.1) is 0 Å². The van der Waals surface area contributed by atoms with Crippen LogP contribution in [0.1, 0.15) is 92.2 Å². The molecular weight excluding hydrogens is 913 g/mol. The summed E-state index contributed by atoms with van der Waals surface area (Å²) >= 11 is 1.39. The predicted octanol–water partition coefficient (Wildman–Crippen LogP) is -3.28. The number of nitrogens with zero attached hydrogens (tertiary/aromatic N) is 1. The molecule has 26 heteroatoms. The molecule has 0 spiro atoms. The van der Waals surface area contributed by atoms with Gasteiger partial charge in [0.05, 0.1) is 25.0 Å². The molecule has 0 aliphatic rings. The Morgan fingerprint density at radius 3 is 1.84 bits per heavy atom. The van der Waals surface area contributed by atoms with Crippen molar-refractivity contribution in [1.82, 2.24) is 52.5 Å². The number of carboxylic acid groups (broad SMARTS) is 2. The third-order valence-corrected chi connectivity index (χ3v) is 10.9. The zero-order chi connectivity index (χ0) is 51.7. The summed E-state index contributed by atoms with van der Waals surface area (Å²) in [5.74, 6) is -9.31. The molecule has 0 unspecified atom stereocenters. The van der Waals surface area contributed by atoms with Gasteiger partial charge in [0.1, 0.15) is 42.3 Å². The van der Waals surface area contributed by atoms with E-state index in [0.717, 1.165) is 0 Å². The molecule has 0 saturated carbocycles. The summed E-state index contributed by atoms with van der Waals surface area (Å²) in [6.07, 6.45) is 3.70. The Bertz CT molecular complexity index is 1840. The number of hydrogen-bond acceptors (Lipinski definition) is 15. The predicted molar refractivity (Wildman–Crippen MR) is 249 cm³/mol. The highest BCUT2D eigenvalue weighted by Crippen LogP contribution is 2.11. The number of aromatic nitrogens is 2. The molecule has 1 aromatic heterocycles. The second-order valence-corrected chi connectivity index (χ2v) is 18.0. The average Bonchev–Trinajstić information content (AvgIpc) is 3.78. The fourth-order valence-electron chi connectivity index (χ4n) is 6.38. The molecule has 1 heterocycles. The van der Waals surface area contributed by atoms with Gasteiger partial charge in [0.25, 0.3) is 0 Å². The average molecular weight is 985 g/mol. The second-order valence-electron chi connectivity index (χ2n) is 17.1. The Kier molecular flexibility index (Phi) is 27.6. The molecule has 0 fully saturated rings. The molecule has 0 saturated heterocycles. The van der Waals surface area contributed by atoms with Crippen LogP contribution in [0.2, 0.25) is 0 Å². The molecular formula is C42H72N12O13S. The standard InChI is InChI=1S/C42H72N12O13S/c1-21(2)16-29(39(63)50-28(42(66)67)10-8-9-14-43)52-38(62)27(13-15-68-7)49-40(64)33(22(3)4)54-35(59)23(5)48-41(65)34(24(6)55)53-31(56)19-46-37(61)30(17-25-18-45-20-47-25)51-36(60)26(44)11-12-32(57)58/h18,20-24,26-30,33-34,55H,8-17,19,43-44H2,1-7H3,(H,45,47)(H,46,61)(H,48,65)(H,49,64)(H,50,63)(H,51,60)(H,52,62)(H,53,56)(H,54,59)(H,57,58)(H,66,67)/t23-,24+,26-,27-,28-,29-,30-,33-,34-/m0/s1. The number of amides is 8. The van der Waals surface area contributed by atoms with E-state index in [2.05, 4.69) is 52.5 Å². The van der Waals surface area contributed by atoms with E-state index in [-0.39, 0.29) is 38.0 Å². The van der Waals surface area contributed by atoms with Crippen molar-refractivity contribution in [3.8, 4) is 0 Å². The number of aromatic amines is 1. The second kappa shape index (κ2) is 31.2. The van der Waals surface area contributed by atoms with Crippen molar-refractivity contribution in [3.63, 3.8) is 0 Å². The monoisotopic (exact) mass is 985 g/mol. The SMILES string of the molecule is CSCC[C@H](NC(=O)[C@@H](NC(=O)[C@H](C)NC(=O)[C@@H](NC(=O)CNC(=O)[C@H](Cc1cnc[nH]1)NC(=O)[C@@H](N)CCC(=O)O)[C@@H](C)O)C(C)C)C(=O)N[C@@H](CC(C)C)C(=O)N[C@@H](CCCCN)C(=O)O. The number of imidazole rings is 1. The van der Waals surface area contributed by atoms with E-state index in [1.165, 1.54) is 38.1 Å². The number of aliphatic hydroxyl groups is 1. The number of hydrogen-bond donors (Lipinski definition) is 14. The molecule has 1 aromatic rings. The maximum absolute atomic E-state index is 13.8. The van der Waals surface area contributed by atoms with Gasteiger partial charge in [-0.25, -0.2) is 9.78 Å². The number of aliphatic carboxylic acids is 2. The van der Waals surface area contributed by atoms with Crippen LogP contribution in [0.5, 0.6) is 0 Å². The number of unbranched alkanes of at least 4 members (excludes halogenated alkanes) is 1. The van der Waals surface area contributed by atoms with Crippen LogP contribution in [-0.4, -0.2) is 164 Å². The molecule has 8 amide bonds. The van der Waals surface area contributed by atoms with Gasteiger partial charge in [0.15, 0.2) is 0 Å². The van der Waals surface area contributed by atoms with Crippen LogP contribution in [0.4, 0.5) is 0 Å². The number of nitrogens with two attached hydrogens (primary N) is 2. The van der Waals surface area contributed by atoms with E-state index >= 15 is 0 Å². The first-order valence-electron chi connectivity index (χ1n) is 22.4. The number of carbonyl (C=O) groups is 10. The molecule has 0 aromatic carbocycles. The van der Waals surface area contributed by atoms with Gasteiger partial charge in [-0.1, -0.05) is 27.7 Å². The molecule has 1 rings (SSSR count). The number of rotatable bonds is 33. The summed E-state index contributed by atoms with van der Waals surface area (Å²) in [7, 11) is 0. The van der Waals surface area contributed by atoms with Crippen LogP contribution < -0.4 is 54.0 Å². The van der Waals surface area contributed by atoms with Crippen molar-refractivity contribution in [2.24, 2.45) is 23.3 Å². The van der Waals surface area contributed by atoms with Crippen LogP contribution in [-0.2, 0) is 54.4 Å². The first-order valence-corrected chi connectivity index (χ1v) is 23.7. The molecule has 384 valence electrons. The normalized spacial score (nSPS) is 15.2. The highest BCUT2D eigenvalue weighted by molar-refractivity contribution is 7.98. The smallest absolute Gasteiger partial charge is 0.326 e. The maximum atomic E-state index is 13.8. The van der Waals surface area contributed by atoms with Gasteiger partial charge in [-0.3, -0.25) is 43.2 Å². The Balaban J connectivity index is 3.04. The molecule has 0 radical (unpaired) electrons. The summed E-state index contributed by atoms with van der Waals surface area (Å²) < 4.78 is 0. The van der Waals surface area contributed by atoms with Gasteiger partial charge >= 0.3 is 11.9 Å². The molecule has 16 N–H and O–H groups in total. The number of H-pyrrole nitrogens is 1. The minimum atomic E-state index is -1.64. The van der Waals surface area contributed by atoms with E-state index < -0.39 is 133 Å². The van der Waals surface area contributed by atoms with Crippen molar-refractivity contribution < 1.29 is 63.3 Å². The summed E-state index contributed by atoms with van der Waals surface area (Å²) in [5.41, 5.74) is 11.7. The zero-order valence-electron chi connectivity index (χ0n) is 39.7. The fourth-order valence-corrected chi connectivity index (χ4v) is 6.85. The summed E-state index contributed by atoms with van der Waals surface area (Å²) in [4.78, 5) is 136. The van der Waals surface area contributed by atoms with Crippen molar-refractivity contribution >= 4 is 71.0 Å². The van der Waals surface area contributed by atoms with Crippen LogP contribution >= 0.6 is 11.8 Å². The van der Waals surface area contributed by atoms with Gasteiger partial charge < -0.3 is 74.3 Å². The zero-order valence-corrected chi connectivity index (χ0v) is 40.5. The van der Waals surface area contributed by atoms with Crippen LogP contribution in [0.25, 0.3) is 0 Å². The largest absolute Gasteiger partial charge is 0.481 e. The first kappa shape index (κ1) is 60.2. The van der Waals surface area contributed by atoms with Gasteiger partial charge in [0, 0.05) is 24.7 Å². The van der Waals surface area contributed by atoms with E-state index in [1.807, 2.05) is 13.8 Å². The summed E-state index contributed by atoms with van der Waals surface area (Å²) in [6.45, 7) is 8.98. The molecule has 25 nitrogen and oxygen atoms in total. The highest BCUT2D eigenvalue weighted by Gasteiger charge is 2.35. The minimum absolute atomic E-state index is 0.0981. The number of thioether (sulfide) groups is 1. The molecule has 0 aliphatic heterocycles. The lowest BCUT2D eigenvalue weighted by Gasteiger charge is -2.28. The lowest BCUT2D eigenvalue weighted by Crippen LogP contribution is -2.61. The van der Waals surface area contributed by atoms with Gasteiger partial charge in [-0.2, -0.15) is 11.8 Å². The molecule has 9 atom stereocenters. The van der Waals surface area contributed by atoms with Crippen molar-refractivity contribution in [1.29, 1.82) is 0 Å². The van der Waals surface area contributed by atoms with Crippen molar-refractivity contribution in [2.45, 2.75) is 147 Å². The Morgan fingerprint density at radius 1 is 0.691 bits per heavy atom. The lowest BCUT2D eigenvalue weighted by atomic mass is 10.0. The van der Waals surface area contributed by atoms with E-state index in [4.69, 9.17) is 16.6 Å². The van der Waals surface area contributed by atoms with E-state index in [0.29, 0.717) is 30.8 Å². The summed E-state index contributed by atoms with van der Waals surface area (Å²) in [5, 5.41) is 48.8. The third-order valence-electron chi connectivity index (χ3n) is 10.3. The maximum Gasteiger partial charge on any atom is 0.326 e. The van der Waals surface area contributed by atoms with Crippen molar-refractivity contribution in [3.05, 3.63) is 18.2 Å². The lowest BCUT2D eigenvalue weighted by molar-refractivity contribution is -0.142. The summed E-state index contributed by atoms with van der Waals surface area (Å²) in [6, 6.07) is -10.3. The van der Waals surface area contributed by atoms with Crippen molar-refractivity contribution in [2.75, 3.05) is 25.1 Å². The molecule has 0 aliphatic carbocycles. The van der Waals surface area contributed by atoms with Crippen LogP contribution in [0.15, 0.2) is 12.5 Å². The fraction of sp³-hybridized carbons (Fsp3) is 0.690. The first-order chi connectivity index (χ1) is 31.9. The number of carboxylic acids is 2. The molecule has 68 heavy (non-hydrogen) atoms. The van der Waals surface area contributed by atoms with Crippen LogP contribution in [0, 0.1) is 11.8 Å².